The molecular formula is C16H17NO3. The Morgan fingerprint density at radius 3 is 2.35 bits per heavy atom. The molecule has 0 saturated carbocycles. The topological polar surface area (TPSA) is 58.6 Å². The van der Waals surface area contributed by atoms with Crippen LogP contribution in [0.4, 0.5) is 5.69 Å². The summed E-state index contributed by atoms with van der Waals surface area (Å²) in [6.07, 6.45) is 0. The lowest BCUT2D eigenvalue weighted by Crippen LogP contribution is -2.07. The number of carbonyl (C=O) groups excluding carboxylic acids is 1. The average molecular weight is 271 g/mol. The van der Waals surface area contributed by atoms with Gasteiger partial charge in [-0.2, -0.15) is 0 Å². The fourth-order valence-electron chi connectivity index (χ4n) is 1.97. The van der Waals surface area contributed by atoms with Gasteiger partial charge in [0.05, 0.1) is 19.4 Å². The van der Waals surface area contributed by atoms with Crippen molar-refractivity contribution in [3.63, 3.8) is 0 Å². The van der Waals surface area contributed by atoms with E-state index in [0.717, 1.165) is 16.7 Å². The minimum atomic E-state index is -0.136. The molecule has 0 fully saturated rings. The van der Waals surface area contributed by atoms with E-state index < -0.39 is 0 Å². The van der Waals surface area contributed by atoms with Crippen LogP contribution < -0.4 is 10.1 Å². The standard InChI is InChI=1S/C16H17NO3/c1-11(19)17-15-8-7-14(9-16(15)20-2)13-5-3-12(10-18)4-6-13/h3-9,18H,10H2,1-2H3,(H,17,19). The zero-order valence-corrected chi connectivity index (χ0v) is 11.5. The van der Waals surface area contributed by atoms with E-state index in [9.17, 15) is 4.79 Å². The summed E-state index contributed by atoms with van der Waals surface area (Å²) < 4.78 is 5.30. The van der Waals surface area contributed by atoms with E-state index in [-0.39, 0.29) is 12.5 Å². The van der Waals surface area contributed by atoms with Crippen LogP contribution >= 0.6 is 0 Å². The molecule has 2 aromatic rings. The molecule has 2 N–H and O–H groups in total. The Hall–Kier alpha value is -2.33. The molecule has 0 radical (unpaired) electrons. The SMILES string of the molecule is COc1cc(-c2ccc(CO)cc2)ccc1NC(C)=O. The molecule has 0 aromatic heterocycles. The lowest BCUT2D eigenvalue weighted by molar-refractivity contribution is -0.114. The van der Waals surface area contributed by atoms with Gasteiger partial charge in [0.2, 0.25) is 5.91 Å². The Labute approximate surface area is 118 Å². The van der Waals surface area contributed by atoms with Crippen LogP contribution in [-0.4, -0.2) is 18.1 Å². The second-order valence-corrected chi connectivity index (χ2v) is 4.45. The molecule has 2 aromatic carbocycles. The number of anilines is 1. The molecule has 1 amide bonds. The molecule has 0 unspecified atom stereocenters. The smallest absolute Gasteiger partial charge is 0.221 e. The summed E-state index contributed by atoms with van der Waals surface area (Å²) in [4.78, 5) is 11.1. The van der Waals surface area contributed by atoms with Gasteiger partial charge in [-0.05, 0) is 28.8 Å². The molecule has 0 saturated heterocycles. The zero-order valence-electron chi connectivity index (χ0n) is 11.5. The highest BCUT2D eigenvalue weighted by Gasteiger charge is 2.07. The van der Waals surface area contributed by atoms with Crippen LogP contribution in [0.15, 0.2) is 42.5 Å². The van der Waals surface area contributed by atoms with Gasteiger partial charge in [0, 0.05) is 6.92 Å². The number of benzene rings is 2. The van der Waals surface area contributed by atoms with Crippen LogP contribution in [0.25, 0.3) is 11.1 Å². The van der Waals surface area contributed by atoms with E-state index >= 15 is 0 Å². The Morgan fingerprint density at radius 1 is 1.15 bits per heavy atom. The number of hydrogen-bond donors (Lipinski definition) is 2. The van der Waals surface area contributed by atoms with Gasteiger partial charge in [0.25, 0.3) is 0 Å². The van der Waals surface area contributed by atoms with Crippen LogP contribution in [0.2, 0.25) is 0 Å². The number of carbonyl (C=O) groups is 1. The monoisotopic (exact) mass is 271 g/mol. The molecule has 20 heavy (non-hydrogen) atoms. The van der Waals surface area contributed by atoms with E-state index in [1.807, 2.05) is 42.5 Å². The molecule has 0 atom stereocenters. The van der Waals surface area contributed by atoms with Gasteiger partial charge < -0.3 is 15.2 Å². The number of amides is 1. The molecule has 2 rings (SSSR count). The summed E-state index contributed by atoms with van der Waals surface area (Å²) in [5, 5.41) is 11.8. The summed E-state index contributed by atoms with van der Waals surface area (Å²) in [7, 11) is 1.57. The summed E-state index contributed by atoms with van der Waals surface area (Å²) in [5.74, 6) is 0.479. The first-order valence-electron chi connectivity index (χ1n) is 6.30. The number of aliphatic hydroxyl groups excluding tert-OH is 1. The van der Waals surface area contributed by atoms with Crippen molar-refractivity contribution in [2.24, 2.45) is 0 Å². The fraction of sp³-hybridized carbons (Fsp3) is 0.188. The Morgan fingerprint density at radius 2 is 1.80 bits per heavy atom. The van der Waals surface area contributed by atoms with Crippen molar-refractivity contribution in [3.05, 3.63) is 48.0 Å². The van der Waals surface area contributed by atoms with E-state index in [4.69, 9.17) is 9.84 Å². The predicted octanol–water partition coefficient (Wildman–Crippen LogP) is 2.81. The van der Waals surface area contributed by atoms with Gasteiger partial charge >= 0.3 is 0 Å². The van der Waals surface area contributed by atoms with Crippen molar-refractivity contribution >= 4 is 11.6 Å². The maximum absolute atomic E-state index is 11.1. The second kappa shape index (κ2) is 6.21. The third-order valence-electron chi connectivity index (χ3n) is 2.98. The molecule has 0 aliphatic heterocycles. The third-order valence-corrected chi connectivity index (χ3v) is 2.98. The van der Waals surface area contributed by atoms with E-state index in [1.165, 1.54) is 6.92 Å². The first kappa shape index (κ1) is 14.1. The van der Waals surface area contributed by atoms with Crippen LogP contribution in [0, 0.1) is 0 Å². The summed E-state index contributed by atoms with van der Waals surface area (Å²) in [5.41, 5.74) is 3.53. The quantitative estimate of drug-likeness (QED) is 0.899. The molecule has 0 aliphatic carbocycles. The van der Waals surface area contributed by atoms with Crippen molar-refractivity contribution in [2.75, 3.05) is 12.4 Å². The van der Waals surface area contributed by atoms with Crippen molar-refractivity contribution in [2.45, 2.75) is 13.5 Å². The Balaban J connectivity index is 2.34. The number of methoxy groups -OCH3 is 1. The lowest BCUT2D eigenvalue weighted by Gasteiger charge is -2.11. The molecule has 4 nitrogen and oxygen atoms in total. The highest BCUT2D eigenvalue weighted by Crippen LogP contribution is 2.30. The molecule has 0 bridgehead atoms. The Bertz CT molecular complexity index is 606. The molecule has 4 heteroatoms. The molecule has 0 heterocycles. The second-order valence-electron chi connectivity index (χ2n) is 4.45. The molecule has 0 spiro atoms. The predicted molar refractivity (Wildman–Crippen MR) is 78.7 cm³/mol. The fourth-order valence-corrected chi connectivity index (χ4v) is 1.97. The molecular weight excluding hydrogens is 254 g/mol. The van der Waals surface area contributed by atoms with Crippen molar-refractivity contribution < 1.29 is 14.6 Å². The largest absolute Gasteiger partial charge is 0.495 e. The number of hydrogen-bond acceptors (Lipinski definition) is 3. The zero-order chi connectivity index (χ0) is 14.5. The third kappa shape index (κ3) is 3.16. The summed E-state index contributed by atoms with van der Waals surface area (Å²) in [6.45, 7) is 1.49. The minimum absolute atomic E-state index is 0.0328. The first-order valence-corrected chi connectivity index (χ1v) is 6.30. The minimum Gasteiger partial charge on any atom is -0.495 e. The maximum atomic E-state index is 11.1. The highest BCUT2D eigenvalue weighted by atomic mass is 16.5. The summed E-state index contributed by atoms with van der Waals surface area (Å²) in [6, 6.07) is 13.3. The van der Waals surface area contributed by atoms with Crippen LogP contribution in [-0.2, 0) is 11.4 Å². The van der Waals surface area contributed by atoms with E-state index in [0.29, 0.717) is 11.4 Å². The molecule has 104 valence electrons. The van der Waals surface area contributed by atoms with E-state index in [2.05, 4.69) is 5.32 Å². The summed E-state index contributed by atoms with van der Waals surface area (Å²) >= 11 is 0. The normalized spacial score (nSPS) is 10.2. The van der Waals surface area contributed by atoms with E-state index in [1.54, 1.807) is 7.11 Å². The van der Waals surface area contributed by atoms with Gasteiger partial charge in [0.15, 0.2) is 0 Å². The van der Waals surface area contributed by atoms with Crippen molar-refractivity contribution in [1.82, 2.24) is 0 Å². The Kier molecular flexibility index (Phi) is 4.38. The number of ether oxygens (including phenoxy) is 1. The number of nitrogens with one attached hydrogen (secondary N) is 1. The van der Waals surface area contributed by atoms with Crippen molar-refractivity contribution in [1.29, 1.82) is 0 Å². The first-order chi connectivity index (χ1) is 9.63. The van der Waals surface area contributed by atoms with Crippen LogP contribution in [0.1, 0.15) is 12.5 Å². The average Bonchev–Trinajstić information content (AvgIpc) is 2.47. The van der Waals surface area contributed by atoms with Crippen LogP contribution in [0.5, 0.6) is 5.75 Å². The lowest BCUT2D eigenvalue weighted by atomic mass is 10.0. The van der Waals surface area contributed by atoms with Crippen molar-refractivity contribution in [3.8, 4) is 16.9 Å². The number of aliphatic hydroxyl groups is 1. The van der Waals surface area contributed by atoms with Gasteiger partial charge in [0.1, 0.15) is 5.75 Å². The van der Waals surface area contributed by atoms with Gasteiger partial charge in [-0.3, -0.25) is 4.79 Å². The number of rotatable bonds is 4. The maximum Gasteiger partial charge on any atom is 0.221 e. The van der Waals surface area contributed by atoms with Gasteiger partial charge in [-0.1, -0.05) is 30.3 Å². The molecule has 0 aliphatic rings. The van der Waals surface area contributed by atoms with Crippen LogP contribution in [0.3, 0.4) is 0 Å². The van der Waals surface area contributed by atoms with Gasteiger partial charge in [-0.15, -0.1) is 0 Å². The van der Waals surface area contributed by atoms with Gasteiger partial charge in [-0.25, -0.2) is 0 Å². The highest BCUT2D eigenvalue weighted by molar-refractivity contribution is 5.91.